The highest BCUT2D eigenvalue weighted by molar-refractivity contribution is 8.00. The summed E-state index contributed by atoms with van der Waals surface area (Å²) in [6, 6.07) is 31.8. The highest BCUT2D eigenvalue weighted by atomic mass is 32.2. The van der Waals surface area contributed by atoms with Crippen LogP contribution in [0, 0.1) is 0 Å². The summed E-state index contributed by atoms with van der Waals surface area (Å²) in [6.45, 7) is 1.97. The minimum absolute atomic E-state index is 0.0157. The van der Waals surface area contributed by atoms with Crippen molar-refractivity contribution in [3.05, 3.63) is 108 Å². The monoisotopic (exact) mass is 537 g/mol. The van der Waals surface area contributed by atoms with Gasteiger partial charge < -0.3 is 10.6 Å². The maximum absolute atomic E-state index is 13.6. The highest BCUT2D eigenvalue weighted by Crippen LogP contribution is 2.38. The third-order valence-corrected chi connectivity index (χ3v) is 7.97. The van der Waals surface area contributed by atoms with Gasteiger partial charge in [-0.3, -0.25) is 9.59 Å². The second-order valence-corrected chi connectivity index (χ2v) is 10.9. The third kappa shape index (κ3) is 6.30. The van der Waals surface area contributed by atoms with Crippen LogP contribution in [0.2, 0.25) is 0 Å². The van der Waals surface area contributed by atoms with Gasteiger partial charge in [-0.15, -0.1) is 23.1 Å². The number of aromatic nitrogens is 1. The maximum Gasteiger partial charge on any atom is 0.244 e. The molecule has 2 N–H and O–H groups in total. The summed E-state index contributed by atoms with van der Waals surface area (Å²) >= 11 is 2.85. The molecule has 1 atom stereocenters. The number of thiazole rings is 1. The van der Waals surface area contributed by atoms with Crippen LogP contribution in [-0.2, 0) is 9.59 Å². The maximum atomic E-state index is 13.6. The van der Waals surface area contributed by atoms with Gasteiger partial charge in [-0.25, -0.2) is 4.98 Å². The lowest BCUT2D eigenvalue weighted by atomic mass is 10.1. The van der Waals surface area contributed by atoms with Gasteiger partial charge in [-0.2, -0.15) is 0 Å². The van der Waals surface area contributed by atoms with Crippen molar-refractivity contribution >= 4 is 56.5 Å². The van der Waals surface area contributed by atoms with Gasteiger partial charge in [0.05, 0.1) is 5.69 Å². The molecule has 0 saturated heterocycles. The van der Waals surface area contributed by atoms with E-state index in [0.717, 1.165) is 39.2 Å². The van der Waals surface area contributed by atoms with Crippen molar-refractivity contribution in [2.75, 3.05) is 10.6 Å². The minimum Gasteiger partial charge on any atom is -0.326 e. The zero-order valence-electron chi connectivity index (χ0n) is 20.9. The van der Waals surface area contributed by atoms with Crippen molar-refractivity contribution in [3.63, 3.8) is 0 Å². The Kier molecular flexibility index (Phi) is 8.16. The van der Waals surface area contributed by atoms with Crippen molar-refractivity contribution in [1.82, 2.24) is 4.98 Å². The lowest BCUT2D eigenvalue weighted by molar-refractivity contribution is -0.116. The SMILES string of the molecule is CCCC(=O)Nc1cccc(SC(C(=O)Nc2nc(-c3ccc4ccccc4c3)cs2)c2ccccc2)c1. The number of carbonyl (C=O) groups is 2. The summed E-state index contributed by atoms with van der Waals surface area (Å²) in [6.07, 6.45) is 1.26. The number of hydrogen-bond acceptors (Lipinski definition) is 5. The standard InChI is InChI=1S/C31H27N3O2S2/c1-2-9-28(35)32-25-14-8-15-26(19-25)38-29(22-11-4-3-5-12-22)30(36)34-31-33-27(20-37-31)24-17-16-21-10-6-7-13-23(21)18-24/h3-8,10-20,29H,2,9H2,1H3,(H,32,35)(H,33,34,36). The first-order valence-electron chi connectivity index (χ1n) is 12.5. The second-order valence-electron chi connectivity index (χ2n) is 8.82. The molecule has 4 aromatic carbocycles. The summed E-state index contributed by atoms with van der Waals surface area (Å²) < 4.78 is 0. The zero-order valence-corrected chi connectivity index (χ0v) is 22.5. The van der Waals surface area contributed by atoms with Gasteiger partial charge in [-0.05, 0) is 47.0 Å². The van der Waals surface area contributed by atoms with E-state index in [2.05, 4.69) is 41.0 Å². The van der Waals surface area contributed by atoms with Gasteiger partial charge in [0.1, 0.15) is 5.25 Å². The summed E-state index contributed by atoms with van der Waals surface area (Å²) in [7, 11) is 0. The van der Waals surface area contributed by atoms with Gasteiger partial charge in [0, 0.05) is 27.9 Å². The van der Waals surface area contributed by atoms with Crippen LogP contribution in [-0.4, -0.2) is 16.8 Å². The molecular weight excluding hydrogens is 510 g/mol. The van der Waals surface area contributed by atoms with Crippen LogP contribution in [0.1, 0.15) is 30.6 Å². The molecule has 1 unspecified atom stereocenters. The van der Waals surface area contributed by atoms with Crippen molar-refractivity contribution < 1.29 is 9.59 Å². The number of amides is 2. The molecule has 2 amide bonds. The van der Waals surface area contributed by atoms with Crippen LogP contribution < -0.4 is 10.6 Å². The average Bonchev–Trinajstić information content (AvgIpc) is 3.40. The quantitative estimate of drug-likeness (QED) is 0.186. The van der Waals surface area contributed by atoms with E-state index in [9.17, 15) is 9.59 Å². The highest BCUT2D eigenvalue weighted by Gasteiger charge is 2.23. The third-order valence-electron chi connectivity index (χ3n) is 5.97. The van der Waals surface area contributed by atoms with Crippen molar-refractivity contribution in [1.29, 1.82) is 0 Å². The molecule has 38 heavy (non-hydrogen) atoms. The smallest absolute Gasteiger partial charge is 0.244 e. The predicted molar refractivity (Wildman–Crippen MR) is 159 cm³/mol. The van der Waals surface area contributed by atoms with Gasteiger partial charge in [0.2, 0.25) is 11.8 Å². The Bertz CT molecular complexity index is 1570. The Labute approximate surface area is 230 Å². The van der Waals surface area contributed by atoms with E-state index in [0.29, 0.717) is 11.6 Å². The number of anilines is 2. The number of benzene rings is 4. The van der Waals surface area contributed by atoms with Crippen molar-refractivity contribution in [3.8, 4) is 11.3 Å². The van der Waals surface area contributed by atoms with E-state index in [1.807, 2.05) is 79.0 Å². The summed E-state index contributed by atoms with van der Waals surface area (Å²) in [5, 5.41) is 10.3. The van der Waals surface area contributed by atoms with Crippen LogP contribution in [0.4, 0.5) is 10.8 Å². The Morgan fingerprint density at radius 1 is 0.868 bits per heavy atom. The van der Waals surface area contributed by atoms with Gasteiger partial charge in [0.15, 0.2) is 5.13 Å². The molecule has 0 aliphatic rings. The van der Waals surface area contributed by atoms with Gasteiger partial charge in [-0.1, -0.05) is 79.7 Å². The fourth-order valence-corrected chi connectivity index (χ4v) is 5.92. The van der Waals surface area contributed by atoms with Crippen molar-refractivity contribution in [2.45, 2.75) is 29.9 Å². The molecule has 190 valence electrons. The molecule has 0 spiro atoms. The predicted octanol–water partition coefficient (Wildman–Crippen LogP) is 8.17. The lowest BCUT2D eigenvalue weighted by Crippen LogP contribution is -2.19. The Balaban J connectivity index is 1.35. The second kappa shape index (κ2) is 12.1. The molecule has 0 aliphatic heterocycles. The molecule has 1 heterocycles. The first-order chi connectivity index (χ1) is 18.6. The first kappa shape index (κ1) is 25.7. The molecule has 5 rings (SSSR count). The van der Waals surface area contributed by atoms with E-state index in [1.165, 1.54) is 28.5 Å². The molecule has 0 fully saturated rings. The lowest BCUT2D eigenvalue weighted by Gasteiger charge is -2.17. The largest absolute Gasteiger partial charge is 0.326 e. The molecule has 5 aromatic rings. The molecule has 1 aromatic heterocycles. The molecule has 7 heteroatoms. The Hall–Kier alpha value is -3.94. The number of hydrogen-bond donors (Lipinski definition) is 2. The Morgan fingerprint density at radius 2 is 1.66 bits per heavy atom. The molecule has 5 nitrogen and oxygen atoms in total. The number of nitrogens with one attached hydrogen (secondary N) is 2. The number of carbonyl (C=O) groups excluding carboxylic acids is 2. The summed E-state index contributed by atoms with van der Waals surface area (Å²) in [4.78, 5) is 31.2. The number of fused-ring (bicyclic) bond motifs is 1. The first-order valence-corrected chi connectivity index (χ1v) is 14.2. The number of nitrogens with zero attached hydrogens (tertiary/aromatic N) is 1. The molecule has 0 radical (unpaired) electrons. The summed E-state index contributed by atoms with van der Waals surface area (Å²) in [5.74, 6) is -0.168. The molecule has 0 bridgehead atoms. The van der Waals surface area contributed by atoms with E-state index in [1.54, 1.807) is 0 Å². The Morgan fingerprint density at radius 3 is 2.47 bits per heavy atom. The molecule has 0 aliphatic carbocycles. The topological polar surface area (TPSA) is 71.1 Å². The minimum atomic E-state index is -0.495. The average molecular weight is 538 g/mol. The van der Waals surface area contributed by atoms with Crippen molar-refractivity contribution in [2.24, 2.45) is 0 Å². The number of rotatable bonds is 9. The summed E-state index contributed by atoms with van der Waals surface area (Å²) in [5.41, 5.74) is 3.45. The zero-order chi connectivity index (χ0) is 26.3. The number of thioether (sulfide) groups is 1. The van der Waals surface area contributed by atoms with Crippen LogP contribution in [0.3, 0.4) is 0 Å². The van der Waals surface area contributed by atoms with E-state index >= 15 is 0 Å². The normalized spacial score (nSPS) is 11.7. The van der Waals surface area contributed by atoms with E-state index in [4.69, 9.17) is 4.98 Å². The van der Waals surface area contributed by atoms with E-state index in [-0.39, 0.29) is 11.8 Å². The fourth-order valence-electron chi connectivity index (χ4n) is 4.12. The van der Waals surface area contributed by atoms with Crippen LogP contribution >= 0.6 is 23.1 Å². The molecular formula is C31H27N3O2S2. The van der Waals surface area contributed by atoms with E-state index < -0.39 is 5.25 Å². The van der Waals surface area contributed by atoms with Crippen LogP contribution in [0.25, 0.3) is 22.0 Å². The van der Waals surface area contributed by atoms with Crippen LogP contribution in [0.15, 0.2) is 107 Å². The van der Waals surface area contributed by atoms with Gasteiger partial charge >= 0.3 is 0 Å². The molecule has 0 saturated carbocycles. The fraction of sp³-hybridized carbons (Fsp3) is 0.129. The van der Waals surface area contributed by atoms with Gasteiger partial charge in [0.25, 0.3) is 0 Å². The van der Waals surface area contributed by atoms with Crippen LogP contribution in [0.5, 0.6) is 0 Å².